The van der Waals surface area contributed by atoms with Crippen molar-refractivity contribution in [2.24, 2.45) is 0 Å². The lowest BCUT2D eigenvalue weighted by atomic mass is 10.2. The summed E-state index contributed by atoms with van der Waals surface area (Å²) in [4.78, 5) is 21.8. The summed E-state index contributed by atoms with van der Waals surface area (Å²) >= 11 is 3.26. The number of nitro benzene ring substituents is 1. The third-order valence-corrected chi connectivity index (χ3v) is 3.01. The zero-order chi connectivity index (χ0) is 13.8. The van der Waals surface area contributed by atoms with Gasteiger partial charge in [0.05, 0.1) is 15.0 Å². The van der Waals surface area contributed by atoms with Crippen LogP contribution in [-0.2, 0) is 0 Å². The van der Waals surface area contributed by atoms with Gasteiger partial charge in [-0.25, -0.2) is 4.79 Å². The molecule has 0 aliphatic carbocycles. The van der Waals surface area contributed by atoms with Crippen LogP contribution < -0.4 is 4.74 Å². The highest BCUT2D eigenvalue weighted by Gasteiger charge is 2.12. The van der Waals surface area contributed by atoms with E-state index in [0.29, 0.717) is 10.2 Å². The minimum atomic E-state index is -0.568. The number of carbonyl (C=O) groups excluding carboxylic acids is 1. The van der Waals surface area contributed by atoms with Crippen LogP contribution in [0.5, 0.6) is 5.75 Å². The van der Waals surface area contributed by atoms with Crippen molar-refractivity contribution < 1.29 is 14.5 Å². The first-order valence-electron chi connectivity index (χ1n) is 5.29. The van der Waals surface area contributed by atoms with Crippen molar-refractivity contribution in [1.82, 2.24) is 0 Å². The topological polar surface area (TPSA) is 69.4 Å². The molecule has 0 aliphatic rings. The number of nitro groups is 1. The van der Waals surface area contributed by atoms with Crippen molar-refractivity contribution in [2.75, 3.05) is 0 Å². The number of ether oxygens (including phenoxy) is 1. The standard InChI is InChI=1S/C13H8BrNO4/c14-11-3-1-2-4-12(11)19-13(16)9-5-7-10(8-6-9)15(17)18/h1-8H. The molecule has 96 valence electrons. The first-order chi connectivity index (χ1) is 9.08. The number of halogens is 1. The largest absolute Gasteiger partial charge is 0.422 e. The first kappa shape index (κ1) is 13.2. The van der Waals surface area contributed by atoms with Crippen molar-refractivity contribution in [1.29, 1.82) is 0 Å². The van der Waals surface area contributed by atoms with Gasteiger partial charge < -0.3 is 4.74 Å². The fraction of sp³-hybridized carbons (Fsp3) is 0. The molecule has 0 atom stereocenters. The Balaban J connectivity index is 2.16. The van der Waals surface area contributed by atoms with Gasteiger partial charge in [-0.1, -0.05) is 12.1 Å². The molecule has 0 amide bonds. The van der Waals surface area contributed by atoms with Crippen LogP contribution in [0.4, 0.5) is 5.69 Å². The fourth-order valence-corrected chi connectivity index (χ4v) is 1.77. The van der Waals surface area contributed by atoms with E-state index in [1.807, 2.05) is 0 Å². The van der Waals surface area contributed by atoms with E-state index in [-0.39, 0.29) is 11.3 Å². The van der Waals surface area contributed by atoms with E-state index >= 15 is 0 Å². The van der Waals surface area contributed by atoms with Crippen LogP contribution in [0.3, 0.4) is 0 Å². The predicted molar refractivity (Wildman–Crippen MR) is 72.2 cm³/mol. The number of benzene rings is 2. The summed E-state index contributed by atoms with van der Waals surface area (Å²) in [5, 5.41) is 10.5. The predicted octanol–water partition coefficient (Wildman–Crippen LogP) is 3.58. The van der Waals surface area contributed by atoms with Gasteiger partial charge in [0, 0.05) is 12.1 Å². The molecular formula is C13H8BrNO4. The van der Waals surface area contributed by atoms with E-state index in [0.717, 1.165) is 0 Å². The molecule has 2 rings (SSSR count). The smallest absolute Gasteiger partial charge is 0.343 e. The Morgan fingerprint density at radius 1 is 1.11 bits per heavy atom. The molecule has 0 heterocycles. The van der Waals surface area contributed by atoms with Crippen LogP contribution in [-0.4, -0.2) is 10.9 Å². The first-order valence-corrected chi connectivity index (χ1v) is 6.08. The highest BCUT2D eigenvalue weighted by Crippen LogP contribution is 2.25. The minimum Gasteiger partial charge on any atom is -0.422 e. The van der Waals surface area contributed by atoms with Crippen molar-refractivity contribution in [3.63, 3.8) is 0 Å². The zero-order valence-corrected chi connectivity index (χ0v) is 11.2. The fourth-order valence-electron chi connectivity index (χ4n) is 1.41. The van der Waals surface area contributed by atoms with Gasteiger partial charge in [-0.15, -0.1) is 0 Å². The van der Waals surface area contributed by atoms with E-state index < -0.39 is 10.9 Å². The molecule has 0 spiro atoms. The molecule has 0 N–H and O–H groups in total. The summed E-state index contributed by atoms with van der Waals surface area (Å²) in [6, 6.07) is 12.2. The van der Waals surface area contributed by atoms with E-state index in [1.165, 1.54) is 24.3 Å². The number of rotatable bonds is 3. The average molecular weight is 322 g/mol. The van der Waals surface area contributed by atoms with Crippen LogP contribution in [0.1, 0.15) is 10.4 Å². The second kappa shape index (κ2) is 5.62. The molecular weight excluding hydrogens is 314 g/mol. The van der Waals surface area contributed by atoms with Gasteiger partial charge in [-0.3, -0.25) is 10.1 Å². The summed E-state index contributed by atoms with van der Waals surface area (Å²) in [5.41, 5.74) is 0.179. The highest BCUT2D eigenvalue weighted by molar-refractivity contribution is 9.10. The van der Waals surface area contributed by atoms with Crippen molar-refractivity contribution in [3.05, 3.63) is 68.7 Å². The maximum Gasteiger partial charge on any atom is 0.343 e. The third kappa shape index (κ3) is 3.17. The lowest BCUT2D eigenvalue weighted by Gasteiger charge is -2.05. The third-order valence-electron chi connectivity index (χ3n) is 2.35. The number of carbonyl (C=O) groups is 1. The molecule has 6 heteroatoms. The van der Waals surface area contributed by atoms with Crippen LogP contribution >= 0.6 is 15.9 Å². The number of hydrogen-bond acceptors (Lipinski definition) is 4. The molecule has 2 aromatic carbocycles. The lowest BCUT2D eigenvalue weighted by molar-refractivity contribution is -0.384. The van der Waals surface area contributed by atoms with Crippen molar-refractivity contribution >= 4 is 27.6 Å². The molecule has 5 nitrogen and oxygen atoms in total. The summed E-state index contributed by atoms with van der Waals surface area (Å²) < 4.78 is 5.83. The van der Waals surface area contributed by atoms with Gasteiger partial charge in [0.1, 0.15) is 5.75 Å². The molecule has 2 aromatic rings. The second-order valence-electron chi connectivity index (χ2n) is 3.62. The van der Waals surface area contributed by atoms with E-state index in [2.05, 4.69) is 15.9 Å². The van der Waals surface area contributed by atoms with Gasteiger partial charge in [-0.2, -0.15) is 0 Å². The number of non-ortho nitro benzene ring substituents is 1. The normalized spacial score (nSPS) is 9.95. The van der Waals surface area contributed by atoms with Crippen LogP contribution in [0.15, 0.2) is 53.0 Å². The molecule has 0 saturated heterocycles. The second-order valence-corrected chi connectivity index (χ2v) is 4.48. The molecule has 19 heavy (non-hydrogen) atoms. The molecule has 0 bridgehead atoms. The summed E-state index contributed by atoms with van der Waals surface area (Å²) in [5.74, 6) is -0.173. The van der Waals surface area contributed by atoms with Crippen LogP contribution in [0.25, 0.3) is 0 Å². The number of para-hydroxylation sites is 1. The molecule has 0 saturated carbocycles. The Kier molecular flexibility index (Phi) is 3.91. The lowest BCUT2D eigenvalue weighted by Crippen LogP contribution is -2.08. The zero-order valence-electron chi connectivity index (χ0n) is 9.58. The van der Waals surface area contributed by atoms with Gasteiger partial charge in [0.25, 0.3) is 5.69 Å². The van der Waals surface area contributed by atoms with E-state index in [4.69, 9.17) is 4.74 Å². The Bertz CT molecular complexity index is 625. The maximum absolute atomic E-state index is 11.8. The summed E-state index contributed by atoms with van der Waals surface area (Å²) in [6.07, 6.45) is 0. The highest BCUT2D eigenvalue weighted by atomic mass is 79.9. The quantitative estimate of drug-likeness (QED) is 0.375. The van der Waals surface area contributed by atoms with Gasteiger partial charge in [0.2, 0.25) is 0 Å². The van der Waals surface area contributed by atoms with Crippen molar-refractivity contribution in [3.8, 4) is 5.75 Å². The molecule has 0 radical (unpaired) electrons. The Morgan fingerprint density at radius 2 is 1.74 bits per heavy atom. The molecule has 0 fully saturated rings. The Morgan fingerprint density at radius 3 is 2.32 bits per heavy atom. The van der Waals surface area contributed by atoms with Gasteiger partial charge >= 0.3 is 5.97 Å². The van der Waals surface area contributed by atoms with E-state index in [9.17, 15) is 14.9 Å². The summed E-state index contributed by atoms with van der Waals surface area (Å²) in [6.45, 7) is 0. The van der Waals surface area contributed by atoms with Gasteiger partial charge in [-0.05, 0) is 40.2 Å². The number of esters is 1. The SMILES string of the molecule is O=C(Oc1ccccc1Br)c1ccc([N+](=O)[O-])cc1. The average Bonchev–Trinajstić information content (AvgIpc) is 2.41. The number of nitrogens with zero attached hydrogens (tertiary/aromatic N) is 1. The molecule has 0 unspecified atom stereocenters. The van der Waals surface area contributed by atoms with Gasteiger partial charge in [0.15, 0.2) is 0 Å². The summed E-state index contributed by atoms with van der Waals surface area (Å²) in [7, 11) is 0. The Labute approximate surface area is 117 Å². The minimum absolute atomic E-state index is 0.0718. The van der Waals surface area contributed by atoms with E-state index in [1.54, 1.807) is 24.3 Å². The Hall–Kier alpha value is -2.21. The molecule has 0 aliphatic heterocycles. The number of hydrogen-bond donors (Lipinski definition) is 0. The van der Waals surface area contributed by atoms with Crippen LogP contribution in [0.2, 0.25) is 0 Å². The van der Waals surface area contributed by atoms with Crippen molar-refractivity contribution in [2.45, 2.75) is 0 Å². The van der Waals surface area contributed by atoms with Crippen LogP contribution in [0, 0.1) is 10.1 Å². The molecule has 0 aromatic heterocycles. The maximum atomic E-state index is 11.8. The monoisotopic (exact) mass is 321 g/mol.